The summed E-state index contributed by atoms with van der Waals surface area (Å²) in [5.41, 5.74) is 2.71. The topological polar surface area (TPSA) is 0 Å². The molecule has 0 saturated carbocycles. The van der Waals surface area contributed by atoms with Crippen LogP contribution in [0.5, 0.6) is 0 Å². The van der Waals surface area contributed by atoms with Crippen molar-refractivity contribution in [2.24, 2.45) is 0 Å². The third-order valence-electron chi connectivity index (χ3n) is 2.29. The zero-order valence-electron chi connectivity index (χ0n) is 7.99. The van der Waals surface area contributed by atoms with Crippen molar-refractivity contribution in [3.63, 3.8) is 0 Å². The lowest BCUT2D eigenvalue weighted by Crippen LogP contribution is -1.81. The van der Waals surface area contributed by atoms with Crippen molar-refractivity contribution < 1.29 is 0 Å². The summed E-state index contributed by atoms with van der Waals surface area (Å²) in [6.07, 6.45) is 6.70. The second-order valence-corrected chi connectivity index (χ2v) is 5.37. The maximum atomic E-state index is 2.30. The standard InChI is InChI=1S/C12H14S/c1-10-5-7-11(8-6-10)12-4-3-9-13(12)2/h3-9,13H,1-2H3. The van der Waals surface area contributed by atoms with E-state index in [1.807, 2.05) is 0 Å². The molecule has 0 radical (unpaired) electrons. The molecule has 0 bridgehead atoms. The number of aryl methyl sites for hydroxylation is 1. The van der Waals surface area contributed by atoms with Crippen molar-refractivity contribution in [3.05, 3.63) is 53.0 Å². The second-order valence-electron chi connectivity index (χ2n) is 3.37. The summed E-state index contributed by atoms with van der Waals surface area (Å²) in [5, 5.41) is 2.30. The van der Waals surface area contributed by atoms with Gasteiger partial charge in [-0.05, 0) is 35.1 Å². The Morgan fingerprint density at radius 1 is 1.08 bits per heavy atom. The van der Waals surface area contributed by atoms with Crippen molar-refractivity contribution in [2.45, 2.75) is 6.92 Å². The zero-order chi connectivity index (χ0) is 9.26. The highest BCUT2D eigenvalue weighted by Gasteiger charge is 2.07. The SMILES string of the molecule is Cc1ccc(C2=CC=C[SH]2C)cc1. The third-order valence-corrected chi connectivity index (χ3v) is 4.08. The molecule has 1 aromatic carbocycles. The van der Waals surface area contributed by atoms with Gasteiger partial charge in [-0.1, -0.05) is 35.9 Å². The van der Waals surface area contributed by atoms with Crippen LogP contribution in [0.2, 0.25) is 0 Å². The van der Waals surface area contributed by atoms with Crippen LogP contribution in [-0.4, -0.2) is 6.26 Å². The van der Waals surface area contributed by atoms with Crippen LogP contribution in [0, 0.1) is 6.92 Å². The van der Waals surface area contributed by atoms with E-state index in [2.05, 4.69) is 55.0 Å². The summed E-state index contributed by atoms with van der Waals surface area (Å²) in [5.74, 6) is 0. The Morgan fingerprint density at radius 2 is 1.77 bits per heavy atom. The van der Waals surface area contributed by atoms with Crippen molar-refractivity contribution >= 4 is 15.8 Å². The molecule has 68 valence electrons. The molecule has 0 aliphatic carbocycles. The molecule has 1 heterocycles. The lowest BCUT2D eigenvalue weighted by Gasteiger charge is -2.12. The number of rotatable bonds is 1. The quantitative estimate of drug-likeness (QED) is 0.644. The van der Waals surface area contributed by atoms with Gasteiger partial charge in [0, 0.05) is 0 Å². The minimum atomic E-state index is -0.0338. The highest BCUT2D eigenvalue weighted by atomic mass is 32.2. The Hall–Kier alpha value is -0.950. The first-order valence-electron chi connectivity index (χ1n) is 4.46. The van der Waals surface area contributed by atoms with Gasteiger partial charge in [0.1, 0.15) is 0 Å². The molecule has 1 unspecified atom stereocenters. The lowest BCUT2D eigenvalue weighted by atomic mass is 10.1. The van der Waals surface area contributed by atoms with E-state index in [9.17, 15) is 0 Å². The number of hydrogen-bond donors (Lipinski definition) is 1. The molecule has 0 saturated heterocycles. The maximum absolute atomic E-state index is 2.30. The molecule has 1 atom stereocenters. The van der Waals surface area contributed by atoms with Crippen LogP contribution >= 0.6 is 10.9 Å². The predicted molar refractivity (Wildman–Crippen MR) is 63.2 cm³/mol. The molecule has 1 heteroatoms. The fourth-order valence-electron chi connectivity index (χ4n) is 1.49. The van der Waals surface area contributed by atoms with Gasteiger partial charge in [-0.2, -0.15) is 0 Å². The van der Waals surface area contributed by atoms with Crippen LogP contribution in [-0.2, 0) is 0 Å². The Morgan fingerprint density at radius 3 is 2.31 bits per heavy atom. The van der Waals surface area contributed by atoms with E-state index in [0.717, 1.165) is 0 Å². The molecule has 0 amide bonds. The third kappa shape index (κ3) is 1.70. The summed E-state index contributed by atoms with van der Waals surface area (Å²) < 4.78 is 0. The van der Waals surface area contributed by atoms with E-state index in [1.54, 1.807) is 0 Å². The molecule has 0 N–H and O–H groups in total. The van der Waals surface area contributed by atoms with E-state index in [0.29, 0.717) is 0 Å². The fourth-order valence-corrected chi connectivity index (χ4v) is 2.87. The highest BCUT2D eigenvalue weighted by Crippen LogP contribution is 2.43. The average molecular weight is 190 g/mol. The van der Waals surface area contributed by atoms with Crippen molar-refractivity contribution in [1.29, 1.82) is 0 Å². The summed E-state index contributed by atoms with van der Waals surface area (Å²) in [6.45, 7) is 2.12. The van der Waals surface area contributed by atoms with Crippen LogP contribution < -0.4 is 0 Å². The first-order chi connectivity index (χ1) is 6.27. The molecular formula is C12H14S. The molecule has 1 aromatic rings. The van der Waals surface area contributed by atoms with Gasteiger partial charge in [0.05, 0.1) is 0 Å². The van der Waals surface area contributed by atoms with Gasteiger partial charge in [-0.15, -0.1) is 0 Å². The largest absolute Gasteiger partial charge is 0.209 e. The molecule has 2 rings (SSSR count). The normalized spacial score (nSPS) is 23.2. The summed E-state index contributed by atoms with van der Waals surface area (Å²) in [4.78, 5) is 1.50. The smallest absolute Gasteiger partial charge is 0.00199 e. The molecule has 0 fully saturated rings. The molecule has 1 aliphatic heterocycles. The van der Waals surface area contributed by atoms with Gasteiger partial charge in [0.2, 0.25) is 0 Å². The molecule has 13 heavy (non-hydrogen) atoms. The van der Waals surface area contributed by atoms with Crippen LogP contribution in [0.3, 0.4) is 0 Å². The predicted octanol–water partition coefficient (Wildman–Crippen LogP) is 3.49. The zero-order valence-corrected chi connectivity index (χ0v) is 8.88. The van der Waals surface area contributed by atoms with E-state index in [1.165, 1.54) is 16.0 Å². The van der Waals surface area contributed by atoms with Crippen LogP contribution in [0.1, 0.15) is 11.1 Å². The highest BCUT2D eigenvalue weighted by molar-refractivity contribution is 8.27. The summed E-state index contributed by atoms with van der Waals surface area (Å²) >= 11 is 0. The first kappa shape index (κ1) is 8.64. The lowest BCUT2D eigenvalue weighted by molar-refractivity contribution is 1.46. The Labute approximate surface area is 82.3 Å². The molecule has 1 aliphatic rings. The molecule has 0 nitrogen and oxygen atoms in total. The Kier molecular flexibility index (Phi) is 2.28. The first-order valence-corrected chi connectivity index (χ1v) is 6.31. The monoisotopic (exact) mass is 190 g/mol. The minimum absolute atomic E-state index is 0.0338. The van der Waals surface area contributed by atoms with Gasteiger partial charge >= 0.3 is 0 Å². The van der Waals surface area contributed by atoms with E-state index in [-0.39, 0.29) is 10.9 Å². The Bertz CT molecular complexity index is 357. The van der Waals surface area contributed by atoms with Crippen LogP contribution in [0.15, 0.2) is 41.8 Å². The number of benzene rings is 1. The number of allylic oxidation sites excluding steroid dienone is 2. The minimum Gasteiger partial charge on any atom is -0.209 e. The Balaban J connectivity index is 2.32. The van der Waals surface area contributed by atoms with Crippen molar-refractivity contribution in [1.82, 2.24) is 0 Å². The van der Waals surface area contributed by atoms with E-state index in [4.69, 9.17) is 0 Å². The van der Waals surface area contributed by atoms with Gasteiger partial charge in [0.25, 0.3) is 0 Å². The van der Waals surface area contributed by atoms with Crippen molar-refractivity contribution in [2.75, 3.05) is 6.26 Å². The van der Waals surface area contributed by atoms with Gasteiger partial charge in [-0.3, -0.25) is 0 Å². The molecular weight excluding hydrogens is 176 g/mol. The van der Waals surface area contributed by atoms with E-state index >= 15 is 0 Å². The van der Waals surface area contributed by atoms with Gasteiger partial charge in [-0.25, -0.2) is 10.9 Å². The number of hydrogen-bond acceptors (Lipinski definition) is 0. The summed E-state index contributed by atoms with van der Waals surface area (Å²) in [7, 11) is -0.0338. The molecule has 0 aromatic heterocycles. The second kappa shape index (κ2) is 3.43. The summed E-state index contributed by atoms with van der Waals surface area (Å²) in [6, 6.07) is 8.79. The fraction of sp³-hybridized carbons (Fsp3) is 0.167. The van der Waals surface area contributed by atoms with Crippen molar-refractivity contribution in [3.8, 4) is 0 Å². The van der Waals surface area contributed by atoms with Gasteiger partial charge in [0.15, 0.2) is 0 Å². The van der Waals surface area contributed by atoms with E-state index < -0.39 is 0 Å². The maximum Gasteiger partial charge on any atom is -0.00199 e. The molecule has 0 spiro atoms. The van der Waals surface area contributed by atoms with Gasteiger partial charge < -0.3 is 0 Å². The van der Waals surface area contributed by atoms with Crippen LogP contribution in [0.4, 0.5) is 0 Å². The number of thiol groups is 1. The average Bonchev–Trinajstić information content (AvgIpc) is 2.53. The van der Waals surface area contributed by atoms with Crippen LogP contribution in [0.25, 0.3) is 4.91 Å².